The molecule has 0 atom stereocenters. The zero-order valence-electron chi connectivity index (χ0n) is 7.68. The third-order valence-electron chi connectivity index (χ3n) is 1.99. The summed E-state index contributed by atoms with van der Waals surface area (Å²) in [5.41, 5.74) is 2.98. The van der Waals surface area contributed by atoms with Crippen molar-refractivity contribution >= 4 is 6.29 Å². The van der Waals surface area contributed by atoms with Gasteiger partial charge < -0.3 is 4.98 Å². The predicted octanol–water partition coefficient (Wildman–Crippen LogP) is 2.48. The first-order valence-electron chi connectivity index (χ1n) is 4.41. The standard InChI is InChI=1S/C10H15NO/c1-3-4-5-9-6-8(2)11-10(9)7-12/h6-7,11H,3-5H2,1-2H3. The number of rotatable bonds is 4. The average Bonchev–Trinajstić information content (AvgIpc) is 2.42. The topological polar surface area (TPSA) is 32.9 Å². The number of aldehydes is 1. The molecular weight excluding hydrogens is 150 g/mol. The van der Waals surface area contributed by atoms with Gasteiger partial charge in [0.2, 0.25) is 0 Å². The molecule has 0 saturated carbocycles. The van der Waals surface area contributed by atoms with E-state index in [1.54, 1.807) is 0 Å². The first-order valence-corrected chi connectivity index (χ1v) is 4.41. The number of aromatic amines is 1. The molecule has 0 spiro atoms. The zero-order chi connectivity index (χ0) is 8.97. The van der Waals surface area contributed by atoms with Crippen molar-refractivity contribution in [1.29, 1.82) is 0 Å². The second-order valence-corrected chi connectivity index (χ2v) is 3.11. The number of hydrogen-bond donors (Lipinski definition) is 1. The fraction of sp³-hybridized carbons (Fsp3) is 0.500. The van der Waals surface area contributed by atoms with Crippen molar-refractivity contribution < 1.29 is 4.79 Å². The predicted molar refractivity (Wildman–Crippen MR) is 49.5 cm³/mol. The average molecular weight is 165 g/mol. The first kappa shape index (κ1) is 9.04. The smallest absolute Gasteiger partial charge is 0.166 e. The van der Waals surface area contributed by atoms with E-state index < -0.39 is 0 Å². The molecule has 0 unspecified atom stereocenters. The Morgan fingerprint density at radius 3 is 2.92 bits per heavy atom. The van der Waals surface area contributed by atoms with Crippen LogP contribution in [0.3, 0.4) is 0 Å². The van der Waals surface area contributed by atoms with Gasteiger partial charge in [0.05, 0.1) is 5.69 Å². The van der Waals surface area contributed by atoms with E-state index in [9.17, 15) is 4.79 Å². The summed E-state index contributed by atoms with van der Waals surface area (Å²) in [5, 5.41) is 0. The number of nitrogens with one attached hydrogen (secondary N) is 1. The number of hydrogen-bond acceptors (Lipinski definition) is 1. The lowest BCUT2D eigenvalue weighted by Crippen LogP contribution is -1.88. The van der Waals surface area contributed by atoms with Gasteiger partial charge in [0.1, 0.15) is 0 Å². The molecule has 0 aliphatic rings. The van der Waals surface area contributed by atoms with Crippen molar-refractivity contribution in [2.45, 2.75) is 33.1 Å². The van der Waals surface area contributed by atoms with E-state index in [0.29, 0.717) is 0 Å². The molecule has 0 bridgehead atoms. The van der Waals surface area contributed by atoms with E-state index in [1.807, 2.05) is 6.92 Å². The first-order chi connectivity index (χ1) is 5.77. The van der Waals surface area contributed by atoms with Crippen molar-refractivity contribution in [2.24, 2.45) is 0 Å². The van der Waals surface area contributed by atoms with Crippen LogP contribution in [0.4, 0.5) is 0 Å². The number of carbonyl (C=O) groups excluding carboxylic acids is 1. The molecule has 1 aromatic rings. The van der Waals surface area contributed by atoms with Crippen LogP contribution in [0.25, 0.3) is 0 Å². The highest BCUT2D eigenvalue weighted by Gasteiger charge is 2.03. The molecule has 1 rings (SSSR count). The zero-order valence-corrected chi connectivity index (χ0v) is 7.68. The Balaban J connectivity index is 2.74. The van der Waals surface area contributed by atoms with E-state index in [0.717, 1.165) is 36.1 Å². The van der Waals surface area contributed by atoms with Crippen LogP contribution in [0, 0.1) is 6.92 Å². The highest BCUT2D eigenvalue weighted by Crippen LogP contribution is 2.11. The molecule has 66 valence electrons. The normalized spacial score (nSPS) is 10.2. The van der Waals surface area contributed by atoms with Gasteiger partial charge in [-0.15, -0.1) is 0 Å². The van der Waals surface area contributed by atoms with Gasteiger partial charge in [-0.2, -0.15) is 0 Å². The van der Waals surface area contributed by atoms with Gasteiger partial charge in [-0.1, -0.05) is 13.3 Å². The van der Waals surface area contributed by atoms with Crippen LogP contribution < -0.4 is 0 Å². The quantitative estimate of drug-likeness (QED) is 0.683. The van der Waals surface area contributed by atoms with Crippen molar-refractivity contribution in [2.75, 3.05) is 0 Å². The molecule has 1 aromatic heterocycles. The molecule has 2 nitrogen and oxygen atoms in total. The third-order valence-corrected chi connectivity index (χ3v) is 1.99. The van der Waals surface area contributed by atoms with Crippen LogP contribution >= 0.6 is 0 Å². The van der Waals surface area contributed by atoms with Crippen LogP contribution in [-0.2, 0) is 6.42 Å². The van der Waals surface area contributed by atoms with Gasteiger partial charge in [-0.05, 0) is 31.4 Å². The van der Waals surface area contributed by atoms with Crippen molar-refractivity contribution in [3.8, 4) is 0 Å². The molecule has 0 fully saturated rings. The third kappa shape index (κ3) is 1.97. The highest BCUT2D eigenvalue weighted by molar-refractivity contribution is 5.74. The van der Waals surface area contributed by atoms with Gasteiger partial charge in [0.15, 0.2) is 6.29 Å². The summed E-state index contributed by atoms with van der Waals surface area (Å²) in [5.74, 6) is 0. The second kappa shape index (κ2) is 4.10. The van der Waals surface area contributed by atoms with E-state index in [2.05, 4.69) is 18.0 Å². The summed E-state index contributed by atoms with van der Waals surface area (Å²) in [4.78, 5) is 13.6. The van der Waals surface area contributed by atoms with Crippen LogP contribution in [0.5, 0.6) is 0 Å². The Hall–Kier alpha value is -1.05. The molecule has 12 heavy (non-hydrogen) atoms. The SMILES string of the molecule is CCCCc1cc(C)[nH]c1C=O. The number of aromatic nitrogens is 1. The number of aryl methyl sites for hydroxylation is 2. The largest absolute Gasteiger partial charge is 0.356 e. The molecular formula is C10H15NO. The highest BCUT2D eigenvalue weighted by atomic mass is 16.1. The molecule has 1 N–H and O–H groups in total. The molecule has 0 amide bonds. The van der Waals surface area contributed by atoms with E-state index >= 15 is 0 Å². The summed E-state index contributed by atoms with van der Waals surface area (Å²) >= 11 is 0. The van der Waals surface area contributed by atoms with E-state index in [4.69, 9.17) is 0 Å². The Bertz CT molecular complexity index is 263. The summed E-state index contributed by atoms with van der Waals surface area (Å²) in [6.45, 7) is 4.13. The molecule has 0 aromatic carbocycles. The van der Waals surface area contributed by atoms with Crippen LogP contribution in [0.15, 0.2) is 6.07 Å². The number of unbranched alkanes of at least 4 members (excludes halogenated alkanes) is 1. The van der Waals surface area contributed by atoms with Gasteiger partial charge in [-0.25, -0.2) is 0 Å². The van der Waals surface area contributed by atoms with E-state index in [1.165, 1.54) is 6.42 Å². The number of H-pyrrole nitrogens is 1. The Morgan fingerprint density at radius 2 is 2.33 bits per heavy atom. The summed E-state index contributed by atoms with van der Waals surface area (Å²) in [6.07, 6.45) is 4.23. The molecule has 0 aliphatic heterocycles. The lowest BCUT2D eigenvalue weighted by atomic mass is 10.1. The summed E-state index contributed by atoms with van der Waals surface area (Å²) in [7, 11) is 0. The molecule has 0 radical (unpaired) electrons. The number of carbonyl (C=O) groups is 1. The molecule has 0 saturated heterocycles. The van der Waals surface area contributed by atoms with Gasteiger partial charge >= 0.3 is 0 Å². The minimum Gasteiger partial charge on any atom is -0.356 e. The van der Waals surface area contributed by atoms with Gasteiger partial charge in [-0.3, -0.25) is 4.79 Å². The maximum atomic E-state index is 10.6. The molecule has 0 aliphatic carbocycles. The monoisotopic (exact) mass is 165 g/mol. The van der Waals surface area contributed by atoms with Crippen molar-refractivity contribution in [3.63, 3.8) is 0 Å². The van der Waals surface area contributed by atoms with Crippen LogP contribution in [0.1, 0.15) is 41.5 Å². The molecule has 1 heterocycles. The van der Waals surface area contributed by atoms with Gasteiger partial charge in [0, 0.05) is 5.69 Å². The van der Waals surface area contributed by atoms with Gasteiger partial charge in [0.25, 0.3) is 0 Å². The minimum absolute atomic E-state index is 0.751. The maximum Gasteiger partial charge on any atom is 0.166 e. The lowest BCUT2D eigenvalue weighted by molar-refractivity contribution is 0.111. The Morgan fingerprint density at radius 1 is 1.58 bits per heavy atom. The maximum absolute atomic E-state index is 10.6. The molecule has 2 heteroatoms. The van der Waals surface area contributed by atoms with Crippen molar-refractivity contribution in [3.05, 3.63) is 23.0 Å². The Labute approximate surface area is 73.0 Å². The second-order valence-electron chi connectivity index (χ2n) is 3.11. The van der Waals surface area contributed by atoms with Crippen molar-refractivity contribution in [1.82, 2.24) is 4.98 Å². The lowest BCUT2D eigenvalue weighted by Gasteiger charge is -1.94. The Kier molecular flexibility index (Phi) is 3.09. The van der Waals surface area contributed by atoms with Crippen LogP contribution in [-0.4, -0.2) is 11.3 Å². The minimum atomic E-state index is 0.751. The fourth-order valence-electron chi connectivity index (χ4n) is 1.35. The summed E-state index contributed by atoms with van der Waals surface area (Å²) in [6, 6.07) is 2.05. The summed E-state index contributed by atoms with van der Waals surface area (Å²) < 4.78 is 0. The fourth-order valence-corrected chi connectivity index (χ4v) is 1.35. The van der Waals surface area contributed by atoms with Crippen LogP contribution in [0.2, 0.25) is 0 Å². The van der Waals surface area contributed by atoms with E-state index in [-0.39, 0.29) is 0 Å².